The maximum absolute atomic E-state index is 14.7. The number of anilines is 1. The van der Waals surface area contributed by atoms with Crippen LogP contribution < -0.4 is 10.5 Å². The minimum atomic E-state index is -2.78. The van der Waals surface area contributed by atoms with Gasteiger partial charge in [-0.25, -0.2) is 28.1 Å². The zero-order valence-electron chi connectivity index (χ0n) is 14.8. The van der Waals surface area contributed by atoms with Crippen LogP contribution in [-0.4, -0.2) is 24.5 Å². The van der Waals surface area contributed by atoms with E-state index in [4.69, 9.17) is 10.5 Å². The van der Waals surface area contributed by atoms with E-state index in [1.54, 1.807) is 6.07 Å². The van der Waals surface area contributed by atoms with Crippen molar-refractivity contribution in [3.63, 3.8) is 0 Å². The van der Waals surface area contributed by atoms with Gasteiger partial charge in [0.2, 0.25) is 0 Å². The summed E-state index contributed by atoms with van der Waals surface area (Å²) in [6.07, 6.45) is -0.298. The number of aryl methyl sites for hydroxylation is 1. The summed E-state index contributed by atoms with van der Waals surface area (Å²) >= 11 is 2.12. The molecule has 0 aliphatic rings. The second kappa shape index (κ2) is 7.46. The van der Waals surface area contributed by atoms with E-state index in [9.17, 15) is 13.2 Å². The summed E-state index contributed by atoms with van der Waals surface area (Å²) in [6.45, 7) is 0. The molecule has 0 amide bonds. The largest absolute Gasteiger partial charge is 0.421 e. The summed E-state index contributed by atoms with van der Waals surface area (Å²) < 4.78 is 48.1. The third-order valence-electron chi connectivity index (χ3n) is 4.23. The number of nitrogen functional groups attached to an aromatic ring is 1. The van der Waals surface area contributed by atoms with Gasteiger partial charge in [-0.2, -0.15) is 4.98 Å². The molecule has 0 aliphatic heterocycles. The summed E-state index contributed by atoms with van der Waals surface area (Å²) in [5.74, 6) is -0.627. The van der Waals surface area contributed by atoms with E-state index in [1.165, 1.54) is 18.5 Å². The van der Waals surface area contributed by atoms with Gasteiger partial charge >= 0.3 is 6.01 Å². The third kappa shape index (κ3) is 3.45. The zero-order chi connectivity index (χ0) is 20.7. The molecule has 4 aromatic rings. The number of benzene rings is 1. The zero-order valence-corrected chi connectivity index (χ0v) is 16.9. The van der Waals surface area contributed by atoms with Crippen LogP contribution in [0.2, 0.25) is 0 Å². The first kappa shape index (κ1) is 19.4. The van der Waals surface area contributed by atoms with Gasteiger partial charge in [-0.3, -0.25) is 0 Å². The fraction of sp³-hybridized carbons (Fsp3) is 0.111. The Morgan fingerprint density at radius 2 is 1.97 bits per heavy atom. The lowest BCUT2D eigenvalue weighted by molar-refractivity contribution is 0.145. The van der Waals surface area contributed by atoms with Gasteiger partial charge in [-0.05, 0) is 46.4 Å². The van der Waals surface area contributed by atoms with E-state index in [2.05, 4.69) is 42.5 Å². The standard InChI is InChI=1S/C18H12F3IN6O/c1-28-15(22)12(13-16(23)25-7-26-17(13)28)8-2-3-11(9(19)6-8)29-18-24-5-4-10(27-18)14(20)21/h2-7,14H,1H3,(H2,23,25,26). The van der Waals surface area contributed by atoms with Crippen molar-refractivity contribution in [1.82, 2.24) is 24.5 Å². The molecule has 11 heteroatoms. The molecule has 0 aliphatic carbocycles. The smallest absolute Gasteiger partial charge is 0.322 e. The van der Waals surface area contributed by atoms with Crippen LogP contribution in [-0.2, 0) is 7.05 Å². The van der Waals surface area contributed by atoms with Crippen LogP contribution in [0, 0.1) is 9.52 Å². The van der Waals surface area contributed by atoms with Crippen LogP contribution in [0.4, 0.5) is 19.0 Å². The number of alkyl halides is 2. The van der Waals surface area contributed by atoms with E-state index >= 15 is 0 Å². The molecule has 0 bridgehead atoms. The summed E-state index contributed by atoms with van der Waals surface area (Å²) in [6, 6.07) is 4.95. The molecule has 0 atom stereocenters. The summed E-state index contributed by atoms with van der Waals surface area (Å²) in [7, 11) is 1.82. The molecule has 29 heavy (non-hydrogen) atoms. The van der Waals surface area contributed by atoms with E-state index in [0.717, 1.165) is 16.0 Å². The van der Waals surface area contributed by atoms with Gasteiger partial charge in [0.05, 0.1) is 9.09 Å². The maximum Gasteiger partial charge on any atom is 0.322 e. The van der Waals surface area contributed by atoms with E-state index in [-0.39, 0.29) is 17.6 Å². The van der Waals surface area contributed by atoms with E-state index < -0.39 is 17.9 Å². The van der Waals surface area contributed by atoms with Crippen molar-refractivity contribution in [3.8, 4) is 22.9 Å². The molecular formula is C18H12F3IN6O. The van der Waals surface area contributed by atoms with Crippen LogP contribution in [0.5, 0.6) is 11.8 Å². The van der Waals surface area contributed by atoms with Gasteiger partial charge < -0.3 is 15.0 Å². The molecule has 0 unspecified atom stereocenters. The molecule has 3 heterocycles. The first-order valence-electron chi connectivity index (χ1n) is 8.20. The van der Waals surface area contributed by atoms with E-state index in [0.29, 0.717) is 22.2 Å². The van der Waals surface area contributed by atoms with Crippen molar-refractivity contribution < 1.29 is 17.9 Å². The van der Waals surface area contributed by atoms with Crippen LogP contribution in [0.1, 0.15) is 12.1 Å². The van der Waals surface area contributed by atoms with Gasteiger partial charge in [0.15, 0.2) is 11.6 Å². The van der Waals surface area contributed by atoms with Gasteiger partial charge in [-0.1, -0.05) is 6.07 Å². The average molecular weight is 512 g/mol. The average Bonchev–Trinajstić information content (AvgIpc) is 2.96. The summed E-state index contributed by atoms with van der Waals surface area (Å²) in [4.78, 5) is 15.6. The Bertz CT molecular complexity index is 1230. The number of halogens is 4. The maximum atomic E-state index is 14.7. The molecule has 0 radical (unpaired) electrons. The Hall–Kier alpha value is -2.96. The molecule has 148 valence electrons. The molecule has 0 saturated heterocycles. The highest BCUT2D eigenvalue weighted by Gasteiger charge is 2.20. The Morgan fingerprint density at radius 1 is 1.17 bits per heavy atom. The molecule has 3 aromatic heterocycles. The van der Waals surface area contributed by atoms with Crippen molar-refractivity contribution in [2.75, 3.05) is 5.73 Å². The molecule has 4 rings (SSSR count). The highest BCUT2D eigenvalue weighted by molar-refractivity contribution is 14.1. The predicted molar refractivity (Wildman–Crippen MR) is 108 cm³/mol. The SMILES string of the molecule is Cn1c(I)c(-c2ccc(Oc3nccc(C(F)F)n3)c(F)c2)c2c(N)ncnc21. The second-order valence-corrected chi connectivity index (χ2v) is 7.02. The van der Waals surface area contributed by atoms with Crippen molar-refractivity contribution in [3.05, 3.63) is 52.0 Å². The quantitative estimate of drug-likeness (QED) is 0.406. The monoisotopic (exact) mass is 512 g/mol. The molecule has 2 N–H and O–H groups in total. The number of aromatic nitrogens is 5. The lowest BCUT2D eigenvalue weighted by Gasteiger charge is -2.08. The summed E-state index contributed by atoms with van der Waals surface area (Å²) in [5.41, 5.74) is 7.35. The van der Waals surface area contributed by atoms with E-state index in [1.807, 2.05) is 11.6 Å². The minimum absolute atomic E-state index is 0.195. The number of hydrogen-bond donors (Lipinski definition) is 1. The molecular weight excluding hydrogens is 500 g/mol. The Kier molecular flexibility index (Phi) is 4.98. The van der Waals surface area contributed by atoms with Crippen LogP contribution in [0.25, 0.3) is 22.2 Å². The van der Waals surface area contributed by atoms with Gasteiger partial charge in [0, 0.05) is 18.8 Å². The number of nitrogens with zero attached hydrogens (tertiary/aromatic N) is 5. The van der Waals surface area contributed by atoms with Crippen molar-refractivity contribution in [2.45, 2.75) is 6.43 Å². The molecule has 0 saturated carbocycles. The fourth-order valence-corrected chi connectivity index (χ4v) is 3.68. The van der Waals surface area contributed by atoms with Crippen molar-refractivity contribution >= 4 is 39.4 Å². The molecule has 7 nitrogen and oxygen atoms in total. The Labute approximate surface area is 175 Å². The lowest BCUT2D eigenvalue weighted by Crippen LogP contribution is -1.98. The van der Waals surface area contributed by atoms with Crippen LogP contribution in [0.3, 0.4) is 0 Å². The number of nitrogens with two attached hydrogens (primary N) is 1. The first-order chi connectivity index (χ1) is 13.9. The molecule has 1 aromatic carbocycles. The van der Waals surface area contributed by atoms with Crippen molar-refractivity contribution in [2.24, 2.45) is 7.05 Å². The number of ether oxygens (including phenoxy) is 1. The van der Waals surface area contributed by atoms with Crippen LogP contribution in [0.15, 0.2) is 36.8 Å². The molecule has 0 spiro atoms. The lowest BCUT2D eigenvalue weighted by atomic mass is 10.1. The Balaban J connectivity index is 1.75. The number of fused-ring (bicyclic) bond motifs is 1. The van der Waals surface area contributed by atoms with Crippen molar-refractivity contribution in [1.29, 1.82) is 0 Å². The highest BCUT2D eigenvalue weighted by atomic mass is 127. The third-order valence-corrected chi connectivity index (χ3v) is 5.49. The first-order valence-corrected chi connectivity index (χ1v) is 9.28. The fourth-order valence-electron chi connectivity index (χ4n) is 2.87. The normalized spacial score (nSPS) is 11.4. The Morgan fingerprint density at radius 3 is 2.69 bits per heavy atom. The minimum Gasteiger partial charge on any atom is -0.421 e. The second-order valence-electron chi connectivity index (χ2n) is 5.99. The number of hydrogen-bond acceptors (Lipinski definition) is 6. The van der Waals surface area contributed by atoms with Crippen LogP contribution >= 0.6 is 22.6 Å². The summed E-state index contributed by atoms with van der Waals surface area (Å²) in [5, 5.41) is 0.612. The number of rotatable bonds is 4. The van der Waals surface area contributed by atoms with Gasteiger partial charge in [-0.15, -0.1) is 0 Å². The van der Waals surface area contributed by atoms with Gasteiger partial charge in [0.25, 0.3) is 6.43 Å². The molecule has 0 fully saturated rings. The topological polar surface area (TPSA) is 91.7 Å². The predicted octanol–water partition coefficient (Wildman–Crippen LogP) is 4.48. The highest BCUT2D eigenvalue weighted by Crippen LogP contribution is 2.38. The van der Waals surface area contributed by atoms with Gasteiger partial charge in [0.1, 0.15) is 23.5 Å².